The zero-order chi connectivity index (χ0) is 22.9. The van der Waals surface area contributed by atoms with Gasteiger partial charge in [-0.15, -0.1) is 12.6 Å². The Morgan fingerprint density at radius 3 is 1.81 bits per heavy atom. The number of carbonyl (C=O) groups is 1. The quantitative estimate of drug-likeness (QED) is 0.124. The molecule has 0 radical (unpaired) electrons. The highest BCUT2D eigenvalue weighted by atomic mass is 32.1. The number of aromatic nitrogens is 1. The van der Waals surface area contributed by atoms with E-state index in [0.29, 0.717) is 11.6 Å². The van der Waals surface area contributed by atoms with Gasteiger partial charge in [-0.05, 0) is 18.6 Å². The van der Waals surface area contributed by atoms with E-state index in [-0.39, 0.29) is 5.97 Å². The van der Waals surface area contributed by atoms with Crippen molar-refractivity contribution in [3.8, 4) is 5.19 Å². The molecule has 0 N–H and O–H groups in total. The van der Waals surface area contributed by atoms with Crippen LogP contribution in [0.1, 0.15) is 122 Å². The van der Waals surface area contributed by atoms with Crippen molar-refractivity contribution in [2.45, 2.75) is 127 Å². The number of esters is 1. The average Bonchev–Trinajstić information content (AvgIpc) is 3.19. The van der Waals surface area contributed by atoms with Gasteiger partial charge in [-0.2, -0.15) is 0 Å². The lowest BCUT2D eigenvalue weighted by Gasteiger charge is -2.04. The molecular weight excluding hydrogens is 434 g/mol. The number of nitrogens with zero attached hydrogens (tertiary/aromatic N) is 1. The fourth-order valence-electron chi connectivity index (χ4n) is 4.10. The summed E-state index contributed by atoms with van der Waals surface area (Å²) in [6, 6.07) is 5.81. The Morgan fingerprint density at radius 1 is 0.812 bits per heavy atom. The molecule has 5 heteroatoms. The molecule has 0 fully saturated rings. The van der Waals surface area contributed by atoms with Gasteiger partial charge in [0.25, 0.3) is 5.19 Å². The van der Waals surface area contributed by atoms with E-state index in [9.17, 15) is 4.79 Å². The Balaban J connectivity index is 1.35. The number of unbranched alkanes of at least 4 members (excludes halogenated alkanes) is 16. The molecule has 0 saturated carbocycles. The molecule has 2 rings (SSSR count). The number of ether oxygens (including phenoxy) is 1. The Kier molecular flexibility index (Phi) is 14.8. The van der Waals surface area contributed by atoms with Gasteiger partial charge in [0.15, 0.2) is 0 Å². The Hall–Kier alpha value is -1.07. The van der Waals surface area contributed by atoms with Gasteiger partial charge in [0.05, 0.1) is 10.2 Å². The highest BCUT2D eigenvalue weighted by Crippen LogP contribution is 2.31. The van der Waals surface area contributed by atoms with Gasteiger partial charge in [-0.1, -0.05) is 127 Å². The van der Waals surface area contributed by atoms with Crippen LogP contribution in [-0.2, 0) is 4.79 Å². The summed E-state index contributed by atoms with van der Waals surface area (Å²) in [5, 5.41) is 0.429. The smallest absolute Gasteiger partial charge is 0.313 e. The molecule has 0 unspecified atom stereocenters. The van der Waals surface area contributed by atoms with Crippen molar-refractivity contribution in [3.05, 3.63) is 18.2 Å². The second-order valence-electron chi connectivity index (χ2n) is 8.98. The van der Waals surface area contributed by atoms with E-state index < -0.39 is 0 Å². The Labute approximate surface area is 205 Å². The maximum Gasteiger partial charge on any atom is 0.313 e. The molecule has 1 aromatic heterocycles. The monoisotopic (exact) mass is 477 g/mol. The molecule has 2 aromatic rings. The summed E-state index contributed by atoms with van der Waals surface area (Å²) in [5.74, 6) is -0.175. The first-order chi connectivity index (χ1) is 15.7. The molecule has 0 aliphatic heterocycles. The van der Waals surface area contributed by atoms with Crippen LogP contribution in [0.3, 0.4) is 0 Å². The number of benzene rings is 1. The highest BCUT2D eigenvalue weighted by molar-refractivity contribution is 7.80. The lowest BCUT2D eigenvalue weighted by molar-refractivity contribution is -0.134. The van der Waals surface area contributed by atoms with Gasteiger partial charge < -0.3 is 4.74 Å². The summed E-state index contributed by atoms with van der Waals surface area (Å²) in [6.45, 7) is 2.28. The van der Waals surface area contributed by atoms with Crippen LogP contribution in [0.4, 0.5) is 0 Å². The Morgan fingerprint density at radius 2 is 1.31 bits per heavy atom. The zero-order valence-electron chi connectivity index (χ0n) is 20.1. The maximum absolute atomic E-state index is 12.1. The maximum atomic E-state index is 12.1. The van der Waals surface area contributed by atoms with Crippen LogP contribution < -0.4 is 4.74 Å². The number of hydrogen-bond acceptors (Lipinski definition) is 5. The van der Waals surface area contributed by atoms with Crippen molar-refractivity contribution in [3.63, 3.8) is 0 Å². The normalized spacial score (nSPS) is 11.3. The van der Waals surface area contributed by atoms with Crippen LogP contribution in [0.2, 0.25) is 0 Å². The molecule has 0 atom stereocenters. The average molecular weight is 478 g/mol. The number of thiol groups is 1. The number of carbonyl (C=O) groups excluding carboxylic acids is 1. The number of rotatable bonds is 19. The predicted molar refractivity (Wildman–Crippen MR) is 141 cm³/mol. The third-order valence-corrected chi connectivity index (χ3v) is 7.32. The summed E-state index contributed by atoms with van der Waals surface area (Å²) in [7, 11) is 0. The van der Waals surface area contributed by atoms with Gasteiger partial charge in [0.1, 0.15) is 0 Å². The summed E-state index contributed by atoms with van der Waals surface area (Å²) in [5.41, 5.74) is 0.807. The van der Waals surface area contributed by atoms with E-state index in [4.69, 9.17) is 4.74 Å². The molecule has 0 saturated heterocycles. The van der Waals surface area contributed by atoms with Crippen LogP contribution in [-0.4, -0.2) is 11.0 Å². The topological polar surface area (TPSA) is 39.2 Å². The Bertz CT molecular complexity index is 759. The molecule has 0 amide bonds. The first-order valence-electron chi connectivity index (χ1n) is 13.0. The molecular formula is C27H43NO2S2. The molecule has 0 bridgehead atoms. The van der Waals surface area contributed by atoms with Crippen molar-refractivity contribution >= 4 is 40.2 Å². The van der Waals surface area contributed by atoms with Gasteiger partial charge in [0.2, 0.25) is 0 Å². The molecule has 0 aliphatic rings. The van der Waals surface area contributed by atoms with E-state index in [1.54, 1.807) is 0 Å². The van der Waals surface area contributed by atoms with Crippen LogP contribution >= 0.6 is 24.0 Å². The minimum absolute atomic E-state index is 0.175. The molecule has 1 heterocycles. The van der Waals surface area contributed by atoms with Gasteiger partial charge in [-0.3, -0.25) is 4.79 Å². The lowest BCUT2D eigenvalue weighted by Crippen LogP contribution is -2.07. The largest absolute Gasteiger partial charge is 0.398 e. The fraction of sp³-hybridized carbons (Fsp3) is 0.704. The number of para-hydroxylation sites is 1. The van der Waals surface area contributed by atoms with Crippen LogP contribution in [0.5, 0.6) is 5.19 Å². The highest BCUT2D eigenvalue weighted by Gasteiger charge is 2.11. The van der Waals surface area contributed by atoms with Crippen molar-refractivity contribution in [2.75, 3.05) is 0 Å². The van der Waals surface area contributed by atoms with Crippen molar-refractivity contribution in [2.24, 2.45) is 0 Å². The third-order valence-electron chi connectivity index (χ3n) is 6.06. The van der Waals surface area contributed by atoms with Crippen LogP contribution in [0, 0.1) is 0 Å². The number of hydrogen-bond donors (Lipinski definition) is 1. The van der Waals surface area contributed by atoms with Crippen LogP contribution in [0.15, 0.2) is 23.1 Å². The minimum Gasteiger partial charge on any atom is -0.398 e. The van der Waals surface area contributed by atoms with Crippen molar-refractivity contribution in [1.29, 1.82) is 0 Å². The SMILES string of the molecule is CCCCCCCCCCCCCCCCCCCC(=O)Oc1nc2c(S)cccc2s1. The fourth-order valence-corrected chi connectivity index (χ4v) is 5.29. The van der Waals surface area contributed by atoms with Gasteiger partial charge >= 0.3 is 5.97 Å². The third kappa shape index (κ3) is 11.7. The van der Waals surface area contributed by atoms with Gasteiger partial charge in [-0.25, -0.2) is 4.98 Å². The molecule has 32 heavy (non-hydrogen) atoms. The second kappa shape index (κ2) is 17.4. The first-order valence-corrected chi connectivity index (χ1v) is 14.3. The summed E-state index contributed by atoms with van der Waals surface area (Å²) < 4.78 is 6.42. The molecule has 0 spiro atoms. The standard InChI is InChI=1S/C27H43NO2S2/c1-2-3-4-5-6-7-8-9-10-11-12-13-14-15-16-17-18-22-25(29)30-27-28-26-23(31)20-19-21-24(26)32-27/h19-21,31H,2-18,22H2,1H3. The lowest BCUT2D eigenvalue weighted by atomic mass is 10.0. The van der Waals surface area contributed by atoms with E-state index >= 15 is 0 Å². The van der Waals surface area contributed by atoms with Crippen molar-refractivity contribution in [1.82, 2.24) is 4.98 Å². The summed E-state index contributed by atoms with van der Waals surface area (Å²) in [4.78, 5) is 17.3. The molecule has 3 nitrogen and oxygen atoms in total. The zero-order valence-corrected chi connectivity index (χ0v) is 21.8. The van der Waals surface area contributed by atoms with E-state index in [1.165, 1.54) is 108 Å². The predicted octanol–water partition coefficient (Wildman–Crippen LogP) is 9.53. The summed E-state index contributed by atoms with van der Waals surface area (Å²) >= 11 is 5.80. The van der Waals surface area contributed by atoms with E-state index in [0.717, 1.165) is 28.0 Å². The van der Waals surface area contributed by atoms with E-state index in [2.05, 4.69) is 24.5 Å². The summed E-state index contributed by atoms with van der Waals surface area (Å²) in [6.07, 6.45) is 23.3. The molecule has 1 aromatic carbocycles. The van der Waals surface area contributed by atoms with Crippen LogP contribution in [0.25, 0.3) is 10.2 Å². The first kappa shape index (κ1) is 27.2. The van der Waals surface area contributed by atoms with E-state index in [1.807, 2.05) is 18.2 Å². The number of thiazole rings is 1. The minimum atomic E-state index is -0.175. The second-order valence-corrected chi connectivity index (χ2v) is 10.5. The number of fused-ring (bicyclic) bond motifs is 1. The molecule has 0 aliphatic carbocycles. The van der Waals surface area contributed by atoms with Gasteiger partial charge in [0, 0.05) is 11.3 Å². The van der Waals surface area contributed by atoms with Crippen molar-refractivity contribution < 1.29 is 9.53 Å². The molecule has 180 valence electrons.